The summed E-state index contributed by atoms with van der Waals surface area (Å²) in [5.41, 5.74) is -1.94. The van der Waals surface area contributed by atoms with Crippen LogP contribution < -0.4 is 4.72 Å². The van der Waals surface area contributed by atoms with E-state index in [-0.39, 0.29) is 18.6 Å². The Labute approximate surface area is 113 Å². The van der Waals surface area contributed by atoms with Crippen LogP contribution in [-0.4, -0.2) is 25.0 Å². The number of halogens is 3. The molecule has 0 spiro atoms. The molecule has 20 heavy (non-hydrogen) atoms. The van der Waals surface area contributed by atoms with Crippen LogP contribution >= 0.6 is 0 Å². The lowest BCUT2D eigenvalue weighted by Gasteiger charge is -2.24. The summed E-state index contributed by atoms with van der Waals surface area (Å²) in [5.74, 6) is -6.07. The van der Waals surface area contributed by atoms with Crippen molar-refractivity contribution in [3.05, 3.63) is 29.6 Å². The molecule has 0 aliphatic rings. The zero-order valence-electron chi connectivity index (χ0n) is 10.6. The normalized spacial score (nSPS) is 14.8. The van der Waals surface area contributed by atoms with E-state index in [9.17, 15) is 26.4 Å². The van der Waals surface area contributed by atoms with E-state index in [2.05, 4.69) is 0 Å². The number of carbonyl (C=O) groups is 1. The number of benzene rings is 1. The summed E-state index contributed by atoms with van der Waals surface area (Å²) in [5, 5.41) is 8.95. The first kappa shape index (κ1) is 16.4. The fourth-order valence-electron chi connectivity index (χ4n) is 1.40. The predicted octanol–water partition coefficient (Wildman–Crippen LogP) is 1.64. The van der Waals surface area contributed by atoms with Crippen molar-refractivity contribution in [2.24, 2.45) is 0 Å². The Morgan fingerprint density at radius 2 is 1.75 bits per heavy atom. The Hall–Kier alpha value is -1.61. The van der Waals surface area contributed by atoms with Crippen LogP contribution in [0.25, 0.3) is 0 Å². The number of hydrogen-bond acceptors (Lipinski definition) is 3. The number of hydrogen-bond donors (Lipinski definition) is 2. The largest absolute Gasteiger partial charge is 0.480 e. The van der Waals surface area contributed by atoms with E-state index in [0.717, 1.165) is 6.92 Å². The van der Waals surface area contributed by atoms with Crippen molar-refractivity contribution in [1.29, 1.82) is 0 Å². The van der Waals surface area contributed by atoms with E-state index in [1.807, 2.05) is 0 Å². The van der Waals surface area contributed by atoms with E-state index in [0.29, 0.717) is 0 Å². The average Bonchev–Trinajstić information content (AvgIpc) is 2.25. The maximum atomic E-state index is 13.4. The lowest BCUT2D eigenvalue weighted by Crippen LogP contribution is -2.51. The molecule has 0 aliphatic heterocycles. The number of carboxylic acid groups (broad SMARTS) is 1. The number of nitrogens with one attached hydrogen (secondary N) is 1. The molecule has 1 aromatic carbocycles. The zero-order chi connectivity index (χ0) is 15.7. The molecule has 5 nitrogen and oxygen atoms in total. The van der Waals surface area contributed by atoms with Gasteiger partial charge in [0.25, 0.3) is 0 Å². The summed E-state index contributed by atoms with van der Waals surface area (Å²) in [7, 11) is -4.80. The maximum Gasteiger partial charge on any atom is 0.324 e. The molecule has 0 heterocycles. The first-order chi connectivity index (χ1) is 9.03. The monoisotopic (exact) mass is 311 g/mol. The van der Waals surface area contributed by atoms with E-state index in [1.54, 1.807) is 4.72 Å². The third kappa shape index (κ3) is 3.10. The van der Waals surface area contributed by atoms with Crippen molar-refractivity contribution >= 4 is 16.0 Å². The van der Waals surface area contributed by atoms with Gasteiger partial charge in [0.05, 0.1) is 0 Å². The molecule has 1 rings (SSSR count). The minimum atomic E-state index is -4.80. The minimum absolute atomic E-state index is 0.161. The molecule has 2 N–H and O–H groups in total. The Balaban J connectivity index is 3.36. The second-order valence-electron chi connectivity index (χ2n) is 4.29. The molecule has 1 aromatic rings. The summed E-state index contributed by atoms with van der Waals surface area (Å²) < 4.78 is 65.1. The van der Waals surface area contributed by atoms with Gasteiger partial charge in [-0.15, -0.1) is 0 Å². The number of rotatable bonds is 5. The molecule has 112 valence electrons. The van der Waals surface area contributed by atoms with Crippen molar-refractivity contribution < 1.29 is 31.5 Å². The van der Waals surface area contributed by atoms with Gasteiger partial charge in [0.2, 0.25) is 10.0 Å². The van der Waals surface area contributed by atoms with Gasteiger partial charge >= 0.3 is 5.97 Å². The molecule has 1 unspecified atom stereocenters. The van der Waals surface area contributed by atoms with Crippen LogP contribution in [0.4, 0.5) is 13.2 Å². The standard InChI is InChI=1S/C11H12F3NO4S/c1-3-11(2,10(16)17)15-20(18,19)9-7(13)4-6(12)5-8(9)14/h4-5,15H,3H2,1-2H3,(H,16,17). The van der Waals surface area contributed by atoms with Gasteiger partial charge in [-0.3, -0.25) is 4.79 Å². The third-order valence-corrected chi connectivity index (χ3v) is 4.42. The highest BCUT2D eigenvalue weighted by Gasteiger charge is 2.38. The van der Waals surface area contributed by atoms with Crippen LogP contribution in [0, 0.1) is 17.5 Å². The molecular weight excluding hydrogens is 299 g/mol. The first-order valence-electron chi connectivity index (χ1n) is 5.45. The van der Waals surface area contributed by atoms with Crippen LogP contribution in [0.5, 0.6) is 0 Å². The molecule has 0 saturated carbocycles. The lowest BCUT2D eigenvalue weighted by atomic mass is 10.0. The second-order valence-corrected chi connectivity index (χ2v) is 5.91. The molecule has 1 atom stereocenters. The highest BCUT2D eigenvalue weighted by atomic mass is 32.2. The number of sulfonamides is 1. The number of carboxylic acids is 1. The summed E-state index contributed by atoms with van der Waals surface area (Å²) in [6, 6.07) is 0.392. The summed E-state index contributed by atoms with van der Waals surface area (Å²) in [4.78, 5) is 9.59. The highest BCUT2D eigenvalue weighted by Crippen LogP contribution is 2.22. The molecule has 9 heteroatoms. The van der Waals surface area contributed by atoms with Crippen LogP contribution in [0.3, 0.4) is 0 Å². The van der Waals surface area contributed by atoms with Gasteiger partial charge < -0.3 is 5.11 Å². The topological polar surface area (TPSA) is 83.5 Å². The Morgan fingerprint density at radius 3 is 2.10 bits per heavy atom. The lowest BCUT2D eigenvalue weighted by molar-refractivity contribution is -0.143. The summed E-state index contributed by atoms with van der Waals surface area (Å²) in [6.45, 7) is 2.43. The van der Waals surface area contributed by atoms with Gasteiger partial charge in [-0.05, 0) is 13.3 Å². The zero-order valence-corrected chi connectivity index (χ0v) is 11.4. The van der Waals surface area contributed by atoms with Gasteiger partial charge in [0.15, 0.2) is 4.90 Å². The van der Waals surface area contributed by atoms with Crippen molar-refractivity contribution in [2.75, 3.05) is 0 Å². The van der Waals surface area contributed by atoms with Gasteiger partial charge in [0.1, 0.15) is 23.0 Å². The fourth-order valence-corrected chi connectivity index (χ4v) is 2.96. The van der Waals surface area contributed by atoms with Gasteiger partial charge in [-0.25, -0.2) is 21.6 Å². The average molecular weight is 311 g/mol. The van der Waals surface area contributed by atoms with E-state index in [1.165, 1.54) is 6.92 Å². The quantitative estimate of drug-likeness (QED) is 0.866. The molecule has 0 fully saturated rings. The smallest absolute Gasteiger partial charge is 0.324 e. The number of aliphatic carboxylic acids is 1. The molecular formula is C11H12F3NO4S. The molecule has 0 bridgehead atoms. The van der Waals surface area contributed by atoms with Crippen LogP contribution in [0.2, 0.25) is 0 Å². The molecule has 0 saturated heterocycles. The van der Waals surface area contributed by atoms with Crippen LogP contribution in [0.1, 0.15) is 20.3 Å². The van der Waals surface area contributed by atoms with Crippen molar-refractivity contribution in [3.63, 3.8) is 0 Å². The summed E-state index contributed by atoms with van der Waals surface area (Å²) in [6.07, 6.45) is -0.161. The Bertz CT molecular complexity index is 624. The van der Waals surface area contributed by atoms with Crippen LogP contribution in [-0.2, 0) is 14.8 Å². The molecule has 0 amide bonds. The molecule has 0 aromatic heterocycles. The second kappa shape index (κ2) is 5.41. The fraction of sp³-hybridized carbons (Fsp3) is 0.364. The summed E-state index contributed by atoms with van der Waals surface area (Å²) >= 11 is 0. The van der Waals surface area contributed by atoms with Crippen molar-refractivity contribution in [1.82, 2.24) is 4.72 Å². The maximum absolute atomic E-state index is 13.4. The van der Waals surface area contributed by atoms with Gasteiger partial charge in [0, 0.05) is 12.1 Å². The van der Waals surface area contributed by atoms with E-state index < -0.39 is 43.9 Å². The molecule has 0 radical (unpaired) electrons. The van der Waals surface area contributed by atoms with E-state index >= 15 is 0 Å². The van der Waals surface area contributed by atoms with Crippen LogP contribution in [0.15, 0.2) is 17.0 Å². The molecule has 0 aliphatic carbocycles. The Morgan fingerprint density at radius 1 is 1.30 bits per heavy atom. The predicted molar refractivity (Wildman–Crippen MR) is 63.0 cm³/mol. The van der Waals surface area contributed by atoms with Crippen molar-refractivity contribution in [2.45, 2.75) is 30.7 Å². The Kier molecular flexibility index (Phi) is 4.45. The third-order valence-electron chi connectivity index (χ3n) is 2.77. The van der Waals surface area contributed by atoms with Crippen molar-refractivity contribution in [3.8, 4) is 0 Å². The highest BCUT2D eigenvalue weighted by molar-refractivity contribution is 7.89. The SMILES string of the molecule is CCC(C)(NS(=O)(=O)c1c(F)cc(F)cc1F)C(=O)O. The first-order valence-corrected chi connectivity index (χ1v) is 6.93. The minimum Gasteiger partial charge on any atom is -0.480 e. The van der Waals surface area contributed by atoms with Gasteiger partial charge in [-0.2, -0.15) is 4.72 Å². The van der Waals surface area contributed by atoms with E-state index in [4.69, 9.17) is 5.11 Å². The van der Waals surface area contributed by atoms with Gasteiger partial charge in [-0.1, -0.05) is 6.92 Å².